The molecule has 0 atom stereocenters. The lowest BCUT2D eigenvalue weighted by Crippen LogP contribution is -2.13. The highest BCUT2D eigenvalue weighted by Gasteiger charge is 2.02. The Morgan fingerprint density at radius 1 is 1.36 bits per heavy atom. The van der Waals surface area contributed by atoms with Crippen molar-refractivity contribution in [2.24, 2.45) is 0 Å². The highest BCUT2D eigenvalue weighted by molar-refractivity contribution is 5.80. The van der Waals surface area contributed by atoms with E-state index >= 15 is 0 Å². The molecule has 0 fully saturated rings. The van der Waals surface area contributed by atoms with E-state index in [2.05, 4.69) is 4.84 Å². The first-order valence-corrected chi connectivity index (χ1v) is 4.39. The van der Waals surface area contributed by atoms with Crippen LogP contribution in [0.5, 0.6) is 0 Å². The fraction of sp³-hybridized carbons (Fsp3) is 0.300. The zero-order chi connectivity index (χ0) is 10.2. The molecule has 0 heterocycles. The molecule has 0 radical (unpaired) electrons. The second-order valence-electron chi connectivity index (χ2n) is 2.89. The number of benzene rings is 1. The molecule has 1 aromatic rings. The standard InChI is InChI=1S/C10H13NO3/c12-10(6-7-14-11-13)8-9-4-2-1-3-5-9/h1-5,11,13H,6-8H2. The summed E-state index contributed by atoms with van der Waals surface area (Å²) in [7, 11) is 0. The van der Waals surface area contributed by atoms with Crippen molar-refractivity contribution in [1.82, 2.24) is 5.64 Å². The average molecular weight is 195 g/mol. The predicted octanol–water partition coefficient (Wildman–Crippen LogP) is 1.10. The van der Waals surface area contributed by atoms with E-state index < -0.39 is 0 Å². The van der Waals surface area contributed by atoms with Gasteiger partial charge in [0.25, 0.3) is 0 Å². The van der Waals surface area contributed by atoms with Crippen LogP contribution in [0.4, 0.5) is 0 Å². The van der Waals surface area contributed by atoms with E-state index in [-0.39, 0.29) is 12.4 Å². The van der Waals surface area contributed by atoms with E-state index in [0.29, 0.717) is 12.8 Å². The lowest BCUT2D eigenvalue weighted by Gasteiger charge is -2.00. The third-order valence-electron chi connectivity index (χ3n) is 1.79. The van der Waals surface area contributed by atoms with Crippen LogP contribution in [0.1, 0.15) is 12.0 Å². The van der Waals surface area contributed by atoms with Crippen LogP contribution in [0.3, 0.4) is 0 Å². The third kappa shape index (κ3) is 4.13. The highest BCUT2D eigenvalue weighted by Crippen LogP contribution is 2.01. The number of carbonyl (C=O) groups is 1. The van der Waals surface area contributed by atoms with Gasteiger partial charge in [0.2, 0.25) is 0 Å². The zero-order valence-electron chi connectivity index (χ0n) is 7.77. The quantitative estimate of drug-likeness (QED) is 0.527. The molecule has 0 aliphatic carbocycles. The number of rotatable bonds is 6. The van der Waals surface area contributed by atoms with Gasteiger partial charge in [-0.1, -0.05) is 36.0 Å². The van der Waals surface area contributed by atoms with Crippen molar-refractivity contribution in [3.8, 4) is 0 Å². The Kier molecular flexibility index (Phi) is 4.85. The Bertz CT molecular complexity index is 274. The third-order valence-corrected chi connectivity index (χ3v) is 1.79. The molecule has 0 saturated heterocycles. The molecule has 4 heteroatoms. The summed E-state index contributed by atoms with van der Waals surface area (Å²) in [6.07, 6.45) is 0.706. The van der Waals surface area contributed by atoms with Crippen LogP contribution in [0, 0.1) is 0 Å². The largest absolute Gasteiger partial charge is 0.299 e. The van der Waals surface area contributed by atoms with Crippen LogP contribution in [-0.4, -0.2) is 17.6 Å². The minimum Gasteiger partial charge on any atom is -0.299 e. The van der Waals surface area contributed by atoms with Gasteiger partial charge in [-0.3, -0.25) is 14.8 Å². The van der Waals surface area contributed by atoms with Gasteiger partial charge in [0, 0.05) is 12.8 Å². The smallest absolute Gasteiger partial charge is 0.139 e. The van der Waals surface area contributed by atoms with Gasteiger partial charge in [0.15, 0.2) is 0 Å². The molecule has 2 N–H and O–H groups in total. The molecule has 0 unspecified atom stereocenters. The maximum absolute atomic E-state index is 11.3. The van der Waals surface area contributed by atoms with E-state index in [1.807, 2.05) is 30.3 Å². The Morgan fingerprint density at radius 2 is 2.07 bits per heavy atom. The maximum Gasteiger partial charge on any atom is 0.139 e. The number of nitrogens with one attached hydrogen (secondary N) is 1. The number of Topliss-reactive ketones (excluding diaryl/α,β-unsaturated/α-hetero) is 1. The Hall–Kier alpha value is -1.23. The van der Waals surface area contributed by atoms with E-state index in [1.54, 1.807) is 0 Å². The Morgan fingerprint density at radius 3 is 2.71 bits per heavy atom. The van der Waals surface area contributed by atoms with Crippen LogP contribution in [0.25, 0.3) is 0 Å². The van der Waals surface area contributed by atoms with Gasteiger partial charge in [0.05, 0.1) is 6.61 Å². The van der Waals surface area contributed by atoms with Crippen LogP contribution in [-0.2, 0) is 16.1 Å². The maximum atomic E-state index is 11.3. The summed E-state index contributed by atoms with van der Waals surface area (Å²) < 4.78 is 0. The summed E-state index contributed by atoms with van der Waals surface area (Å²) in [5, 5.41) is 8.09. The summed E-state index contributed by atoms with van der Waals surface area (Å²) in [6.45, 7) is 0.183. The van der Waals surface area contributed by atoms with Gasteiger partial charge in [-0.15, -0.1) is 0 Å². The van der Waals surface area contributed by atoms with Gasteiger partial charge in [-0.25, -0.2) is 0 Å². The summed E-state index contributed by atoms with van der Waals surface area (Å²) in [5.41, 5.74) is 2.53. The summed E-state index contributed by atoms with van der Waals surface area (Å²) >= 11 is 0. The molecule has 14 heavy (non-hydrogen) atoms. The Labute approximate surface area is 82.4 Å². The molecule has 0 spiro atoms. The van der Waals surface area contributed by atoms with Crippen molar-refractivity contribution in [1.29, 1.82) is 0 Å². The predicted molar refractivity (Wildman–Crippen MR) is 50.6 cm³/mol. The summed E-state index contributed by atoms with van der Waals surface area (Å²) in [6, 6.07) is 9.52. The van der Waals surface area contributed by atoms with E-state index in [0.717, 1.165) is 5.56 Å². The second-order valence-corrected chi connectivity index (χ2v) is 2.89. The highest BCUT2D eigenvalue weighted by atomic mass is 16.8. The van der Waals surface area contributed by atoms with Crippen LogP contribution >= 0.6 is 0 Å². The zero-order valence-corrected chi connectivity index (χ0v) is 7.77. The molecule has 0 amide bonds. The van der Waals surface area contributed by atoms with Gasteiger partial charge in [-0.05, 0) is 5.56 Å². The number of carbonyl (C=O) groups excluding carboxylic acids is 1. The average Bonchev–Trinajstić information content (AvgIpc) is 2.20. The molecular weight excluding hydrogens is 182 g/mol. The SMILES string of the molecule is O=C(CCONO)Cc1ccccc1. The van der Waals surface area contributed by atoms with E-state index in [4.69, 9.17) is 5.21 Å². The first-order valence-electron chi connectivity index (χ1n) is 4.39. The van der Waals surface area contributed by atoms with E-state index in [9.17, 15) is 4.79 Å². The van der Waals surface area contributed by atoms with Gasteiger partial charge < -0.3 is 0 Å². The van der Waals surface area contributed by atoms with Gasteiger partial charge in [-0.2, -0.15) is 0 Å². The first-order chi connectivity index (χ1) is 6.83. The molecule has 76 valence electrons. The van der Waals surface area contributed by atoms with Crippen molar-refractivity contribution in [3.05, 3.63) is 35.9 Å². The topological polar surface area (TPSA) is 58.6 Å². The molecule has 4 nitrogen and oxygen atoms in total. The normalized spacial score (nSPS) is 10.1. The Balaban J connectivity index is 2.27. The fourth-order valence-corrected chi connectivity index (χ4v) is 1.12. The number of ketones is 1. The van der Waals surface area contributed by atoms with Crippen molar-refractivity contribution < 1.29 is 14.8 Å². The monoisotopic (exact) mass is 195 g/mol. The molecule has 0 saturated carbocycles. The number of hydrogen-bond acceptors (Lipinski definition) is 4. The van der Waals surface area contributed by atoms with Crippen molar-refractivity contribution in [3.63, 3.8) is 0 Å². The first kappa shape index (κ1) is 10.8. The molecule has 0 aliphatic heterocycles. The minimum absolute atomic E-state index is 0.0893. The lowest BCUT2D eigenvalue weighted by atomic mass is 10.1. The van der Waals surface area contributed by atoms with E-state index in [1.165, 1.54) is 5.64 Å². The molecule has 1 aromatic carbocycles. The summed E-state index contributed by atoms with van der Waals surface area (Å²) in [5.74, 6) is 0.0893. The lowest BCUT2D eigenvalue weighted by molar-refractivity contribution is -0.136. The van der Waals surface area contributed by atoms with Crippen LogP contribution < -0.4 is 5.64 Å². The van der Waals surface area contributed by atoms with Crippen molar-refractivity contribution in [2.45, 2.75) is 12.8 Å². The molecular formula is C10H13NO3. The molecule has 0 aromatic heterocycles. The van der Waals surface area contributed by atoms with Crippen LogP contribution in [0.15, 0.2) is 30.3 Å². The number of hydrogen-bond donors (Lipinski definition) is 2. The minimum atomic E-state index is 0.0893. The molecule has 0 bridgehead atoms. The molecule has 1 rings (SSSR count). The summed E-state index contributed by atoms with van der Waals surface area (Å²) in [4.78, 5) is 15.7. The van der Waals surface area contributed by atoms with Crippen LogP contribution in [0.2, 0.25) is 0 Å². The molecule has 0 aliphatic rings. The van der Waals surface area contributed by atoms with Crippen molar-refractivity contribution in [2.75, 3.05) is 6.61 Å². The van der Waals surface area contributed by atoms with Crippen molar-refractivity contribution >= 4 is 5.78 Å². The van der Waals surface area contributed by atoms with Gasteiger partial charge >= 0.3 is 0 Å². The fourth-order valence-electron chi connectivity index (χ4n) is 1.12. The van der Waals surface area contributed by atoms with Gasteiger partial charge in [0.1, 0.15) is 5.78 Å². The second kappa shape index (κ2) is 6.26.